The van der Waals surface area contributed by atoms with Crippen molar-refractivity contribution in [2.45, 2.75) is 0 Å². The van der Waals surface area contributed by atoms with Crippen LogP contribution in [0, 0.1) is 0 Å². The van der Waals surface area contributed by atoms with Gasteiger partial charge in [-0.2, -0.15) is 0 Å². The van der Waals surface area contributed by atoms with Gasteiger partial charge in [-0.05, 0) is 11.0 Å². The first kappa shape index (κ1) is 39.6. The molecule has 0 aliphatic rings. The van der Waals surface area contributed by atoms with Crippen molar-refractivity contribution in [2.75, 3.05) is 0 Å². The van der Waals surface area contributed by atoms with Gasteiger partial charge in [-0.1, -0.05) is 0 Å². The Kier molecular flexibility index (Phi) is 206. The fourth-order valence-electron chi connectivity index (χ4n) is 0. The molecule has 4 heavy (non-hydrogen) atoms. The Bertz CT molecular complexity index is 8.00. The summed E-state index contributed by atoms with van der Waals surface area (Å²) in [5, 5.41) is 0. The summed E-state index contributed by atoms with van der Waals surface area (Å²) in [4.78, 5) is 0. The quantitative estimate of drug-likeness (QED) is 0.434. The van der Waals surface area contributed by atoms with Crippen molar-refractivity contribution in [1.29, 1.82) is 0 Å². The minimum atomic E-state index is 0. The first-order chi connectivity index (χ1) is 0. The minimum Gasteiger partial charge on any atom is -0.0149 e. The Morgan fingerprint density at radius 1 is 1.00 bits per heavy atom. The summed E-state index contributed by atoms with van der Waals surface area (Å²) >= 11 is 0. The molecule has 0 aromatic rings. The molecular weight excluding hydrogens is 212 g/mol. The van der Waals surface area contributed by atoms with E-state index in [1.165, 1.54) is 0 Å². The fraction of sp³-hybridized carbons (Fsp3) is 0. The molecule has 2 radical (unpaired) electrons. The van der Waals surface area contributed by atoms with E-state index in [0.29, 0.717) is 0 Å². The van der Waals surface area contributed by atoms with Crippen LogP contribution in [-0.2, 0) is 53.6 Å². The van der Waals surface area contributed by atoms with Crippen LogP contribution in [0.15, 0.2) is 0 Å². The van der Waals surface area contributed by atoms with Crippen LogP contribution in [-0.4, -0.2) is 11.0 Å². The molecule has 0 heterocycles. The molecule has 0 atom stereocenters. The smallest absolute Gasteiger partial charge is 0 e. The molecule has 0 amide bonds. The van der Waals surface area contributed by atoms with Crippen LogP contribution in [0.1, 0.15) is 0 Å². The summed E-state index contributed by atoms with van der Waals surface area (Å²) in [6.45, 7) is 0. The second kappa shape index (κ2) is 20.8. The van der Waals surface area contributed by atoms with Gasteiger partial charge in [-0.15, -0.1) is 0 Å². The Hall–Kier alpha value is 1.88. The summed E-state index contributed by atoms with van der Waals surface area (Å²) < 4.78 is 0. The Balaban J connectivity index is 0. The van der Waals surface area contributed by atoms with Crippen molar-refractivity contribution in [3.8, 4) is 0 Å². The zero-order valence-corrected chi connectivity index (χ0v) is 6.48. The van der Waals surface area contributed by atoms with Crippen LogP contribution in [0.25, 0.3) is 0 Å². The van der Waals surface area contributed by atoms with Crippen LogP contribution >= 0.6 is 0 Å². The van der Waals surface area contributed by atoms with E-state index in [1.807, 2.05) is 0 Å². The van der Waals surface area contributed by atoms with Crippen molar-refractivity contribution in [2.24, 2.45) is 0 Å². The van der Waals surface area contributed by atoms with Gasteiger partial charge in [0.15, 0.2) is 0 Å². The summed E-state index contributed by atoms with van der Waals surface area (Å²) in [6, 6.07) is 0. The van der Waals surface area contributed by atoms with Crippen molar-refractivity contribution < 1.29 is 53.6 Å². The SMILES string of the molecule is [Cu].[Mn].[SiH4].[Zn]. The van der Waals surface area contributed by atoms with Crippen molar-refractivity contribution in [1.82, 2.24) is 0 Å². The number of hydrogen-bond donors (Lipinski definition) is 0. The van der Waals surface area contributed by atoms with E-state index in [1.54, 1.807) is 0 Å². The predicted molar refractivity (Wildman–Crippen MR) is 11.3 cm³/mol. The van der Waals surface area contributed by atoms with Gasteiger partial charge in [0, 0.05) is 53.6 Å². The molecule has 0 fully saturated rings. The summed E-state index contributed by atoms with van der Waals surface area (Å²) in [7, 11) is 0. The molecule has 0 nitrogen and oxygen atoms in total. The van der Waals surface area contributed by atoms with E-state index >= 15 is 0 Å². The average molecular weight is 216 g/mol. The predicted octanol–water partition coefficient (Wildman–Crippen LogP) is -1.46. The van der Waals surface area contributed by atoms with Crippen molar-refractivity contribution in [3.63, 3.8) is 0 Å². The molecule has 0 aromatic heterocycles. The Labute approximate surface area is 64.2 Å². The molecule has 0 rings (SSSR count). The molecule has 0 saturated heterocycles. The second-order valence-electron chi connectivity index (χ2n) is 0. The molecule has 0 aliphatic carbocycles. The maximum absolute atomic E-state index is 0. The van der Waals surface area contributed by atoms with E-state index in [4.69, 9.17) is 0 Å². The van der Waals surface area contributed by atoms with Gasteiger partial charge in [-0.25, -0.2) is 0 Å². The third-order valence-electron chi connectivity index (χ3n) is 0. The van der Waals surface area contributed by atoms with Gasteiger partial charge >= 0.3 is 0 Å². The molecule has 28 valence electrons. The number of rotatable bonds is 0. The Morgan fingerprint density at radius 3 is 1.00 bits per heavy atom. The summed E-state index contributed by atoms with van der Waals surface area (Å²) in [5.41, 5.74) is 0. The molecule has 0 unspecified atom stereocenters. The zero-order valence-electron chi connectivity index (χ0n) is 1.39. The molecule has 0 aromatic carbocycles. The first-order valence-electron chi connectivity index (χ1n) is 0. The summed E-state index contributed by atoms with van der Waals surface area (Å²) in [6.07, 6.45) is 0. The van der Waals surface area contributed by atoms with Crippen LogP contribution in [0.2, 0.25) is 0 Å². The van der Waals surface area contributed by atoms with Gasteiger partial charge in [-0.3, -0.25) is 0 Å². The molecule has 0 bridgehead atoms. The van der Waals surface area contributed by atoms with Gasteiger partial charge in [0.1, 0.15) is 0 Å². The van der Waals surface area contributed by atoms with Gasteiger partial charge in [0.05, 0.1) is 0 Å². The fourth-order valence-corrected chi connectivity index (χ4v) is 0. The summed E-state index contributed by atoms with van der Waals surface area (Å²) in [5.74, 6) is 0. The second-order valence-corrected chi connectivity index (χ2v) is 0. The van der Waals surface area contributed by atoms with Crippen LogP contribution in [0.5, 0.6) is 0 Å². The van der Waals surface area contributed by atoms with Gasteiger partial charge in [0.2, 0.25) is 0 Å². The van der Waals surface area contributed by atoms with Crippen molar-refractivity contribution >= 4 is 11.0 Å². The maximum atomic E-state index is 0. The van der Waals surface area contributed by atoms with Crippen molar-refractivity contribution in [3.05, 3.63) is 0 Å². The maximum Gasteiger partial charge on any atom is 0 e. The topological polar surface area (TPSA) is 0 Å². The number of hydrogen-bond acceptors (Lipinski definition) is 0. The molecule has 0 saturated carbocycles. The standard InChI is InChI=1S/Cu.Mn.H4Si.Zn/h;;1H4;. The Morgan fingerprint density at radius 2 is 1.00 bits per heavy atom. The van der Waals surface area contributed by atoms with Crippen LogP contribution in [0.3, 0.4) is 0 Å². The van der Waals surface area contributed by atoms with Gasteiger partial charge in [0.25, 0.3) is 0 Å². The van der Waals surface area contributed by atoms with E-state index in [9.17, 15) is 0 Å². The van der Waals surface area contributed by atoms with E-state index in [2.05, 4.69) is 0 Å². The van der Waals surface area contributed by atoms with E-state index < -0.39 is 0 Å². The average Bonchev–Trinajstić information content (AvgIpc) is 0. The molecule has 4 heteroatoms. The minimum absolute atomic E-state index is 0. The molecular formula is H4CuMnSiZn. The monoisotopic (exact) mass is 214 g/mol. The normalized spacial score (nSPS) is 0. The molecule has 0 N–H and O–H groups in total. The van der Waals surface area contributed by atoms with Crippen LogP contribution in [0.4, 0.5) is 0 Å². The van der Waals surface area contributed by atoms with Crippen LogP contribution < -0.4 is 0 Å². The largest absolute Gasteiger partial charge is 0.0149 e. The zero-order chi connectivity index (χ0) is 0. The first-order valence-corrected chi connectivity index (χ1v) is 0. The molecule has 0 spiro atoms. The van der Waals surface area contributed by atoms with E-state index in [-0.39, 0.29) is 64.6 Å². The third-order valence-corrected chi connectivity index (χ3v) is 0. The third kappa shape index (κ3) is 9.11. The van der Waals surface area contributed by atoms with E-state index in [0.717, 1.165) is 0 Å². The van der Waals surface area contributed by atoms with Gasteiger partial charge < -0.3 is 0 Å². The molecule has 0 aliphatic heterocycles.